The lowest BCUT2D eigenvalue weighted by atomic mass is 9.98. The van der Waals surface area contributed by atoms with Gasteiger partial charge in [0.15, 0.2) is 5.82 Å². The zero-order valence-electron chi connectivity index (χ0n) is 22.9. The average molecular weight is 588 g/mol. The van der Waals surface area contributed by atoms with Crippen molar-refractivity contribution in [3.8, 4) is 11.1 Å². The summed E-state index contributed by atoms with van der Waals surface area (Å²) in [6.45, 7) is 5.42. The summed E-state index contributed by atoms with van der Waals surface area (Å²) in [4.78, 5) is 19.1. The second-order valence-corrected chi connectivity index (χ2v) is 9.83. The number of methoxy groups -OCH3 is 1. The molecule has 3 heterocycles. The molecule has 0 spiro atoms. The van der Waals surface area contributed by atoms with Crippen molar-refractivity contribution in [2.45, 2.75) is 26.3 Å². The van der Waals surface area contributed by atoms with E-state index in [9.17, 15) is 22.4 Å². The van der Waals surface area contributed by atoms with Gasteiger partial charge in [0.25, 0.3) is 0 Å². The fraction of sp³-hybridized carbons (Fsp3) is 0.321. The highest BCUT2D eigenvalue weighted by Crippen LogP contribution is 2.38. The van der Waals surface area contributed by atoms with Crippen molar-refractivity contribution in [3.63, 3.8) is 0 Å². The molecule has 0 radical (unpaired) electrons. The molecule has 2 aromatic carbocycles. The molecule has 5 rings (SSSR count). The second kappa shape index (κ2) is 11.9. The highest BCUT2D eigenvalue weighted by molar-refractivity contribution is 6.01. The molecule has 2 amide bonds. The predicted molar refractivity (Wildman–Crippen MR) is 148 cm³/mol. The Morgan fingerprint density at radius 2 is 1.86 bits per heavy atom. The summed E-state index contributed by atoms with van der Waals surface area (Å²) in [6, 6.07) is 6.15. The number of nitrogens with zero attached hydrogens (tertiary/aromatic N) is 4. The number of ether oxygens (including phenoxy) is 2. The maximum atomic E-state index is 14.1. The van der Waals surface area contributed by atoms with Crippen LogP contribution in [0.5, 0.6) is 0 Å². The number of amides is 2. The number of aromatic nitrogens is 3. The van der Waals surface area contributed by atoms with Gasteiger partial charge in [0.1, 0.15) is 17.7 Å². The number of hydrogen-bond donors (Lipinski definition) is 3. The maximum Gasteiger partial charge on any atom is 0.416 e. The fourth-order valence-corrected chi connectivity index (χ4v) is 5.00. The molecule has 1 aliphatic heterocycles. The number of rotatable bonds is 7. The number of urea groups is 1. The van der Waals surface area contributed by atoms with E-state index < -0.39 is 29.3 Å². The normalized spacial score (nSPS) is 14.3. The van der Waals surface area contributed by atoms with E-state index in [1.807, 2.05) is 6.07 Å². The smallest absolute Gasteiger partial charge is 0.382 e. The first-order valence-electron chi connectivity index (χ1n) is 13.0. The molecule has 14 heteroatoms. The Balaban J connectivity index is 1.46. The van der Waals surface area contributed by atoms with E-state index in [2.05, 4.69) is 25.6 Å². The number of halogens is 4. The molecule has 1 fully saturated rings. The molecule has 0 saturated carbocycles. The Labute approximate surface area is 238 Å². The number of nitrogens with one attached hydrogen (secondary N) is 2. The Bertz CT molecular complexity index is 1620. The van der Waals surface area contributed by atoms with E-state index in [1.54, 1.807) is 30.7 Å². The van der Waals surface area contributed by atoms with Gasteiger partial charge in [0, 0.05) is 43.6 Å². The van der Waals surface area contributed by atoms with Gasteiger partial charge in [0.05, 0.1) is 36.8 Å². The van der Waals surface area contributed by atoms with Gasteiger partial charge in [0.2, 0.25) is 0 Å². The molecule has 0 bridgehead atoms. The van der Waals surface area contributed by atoms with Gasteiger partial charge in [-0.15, -0.1) is 0 Å². The van der Waals surface area contributed by atoms with Gasteiger partial charge >= 0.3 is 12.2 Å². The van der Waals surface area contributed by atoms with Crippen LogP contribution in [0.3, 0.4) is 0 Å². The summed E-state index contributed by atoms with van der Waals surface area (Å²) < 4.78 is 66.1. The Morgan fingerprint density at radius 3 is 2.55 bits per heavy atom. The molecular formula is C28H29F4N7O3. The number of carbonyl (C=O) groups excluding carboxylic acids is 1. The van der Waals surface area contributed by atoms with Gasteiger partial charge in [-0.1, -0.05) is 6.07 Å². The van der Waals surface area contributed by atoms with E-state index in [4.69, 9.17) is 15.2 Å². The number of aryl methyl sites for hydroxylation is 1. The first-order valence-corrected chi connectivity index (χ1v) is 13.0. The highest BCUT2D eigenvalue weighted by atomic mass is 19.4. The summed E-state index contributed by atoms with van der Waals surface area (Å²) in [5.41, 5.74) is 9.64. The summed E-state index contributed by atoms with van der Waals surface area (Å²) in [5, 5.41) is 9.22. The van der Waals surface area contributed by atoms with Crippen LogP contribution in [0.15, 0.2) is 42.7 Å². The number of alkyl halides is 3. The number of hydrogen-bond acceptors (Lipinski definition) is 7. The zero-order valence-corrected chi connectivity index (χ0v) is 22.9. The quantitative estimate of drug-likeness (QED) is 0.259. The van der Waals surface area contributed by atoms with E-state index in [0.717, 1.165) is 35.5 Å². The summed E-state index contributed by atoms with van der Waals surface area (Å²) in [7, 11) is 1.60. The van der Waals surface area contributed by atoms with Crippen molar-refractivity contribution in [2.24, 2.45) is 0 Å². The van der Waals surface area contributed by atoms with Crippen LogP contribution < -0.4 is 16.4 Å². The topological polar surface area (TPSA) is 119 Å². The monoisotopic (exact) mass is 587 g/mol. The summed E-state index contributed by atoms with van der Waals surface area (Å²) in [6.07, 6.45) is -3.29. The number of nitrogens with two attached hydrogens (primary N) is 1. The molecule has 4 aromatic rings. The Kier molecular flexibility index (Phi) is 8.29. The first-order chi connectivity index (χ1) is 20.1. The number of carbonyl (C=O) groups is 1. The minimum atomic E-state index is -4.69. The molecule has 1 aliphatic rings. The molecular weight excluding hydrogens is 558 g/mol. The number of anilines is 3. The van der Waals surface area contributed by atoms with Crippen LogP contribution in [0, 0.1) is 12.7 Å². The molecule has 222 valence electrons. The van der Waals surface area contributed by atoms with E-state index >= 15 is 0 Å². The van der Waals surface area contributed by atoms with Crippen LogP contribution in [0.1, 0.15) is 22.4 Å². The molecule has 0 aliphatic carbocycles. The van der Waals surface area contributed by atoms with Gasteiger partial charge in [-0.05, 0) is 48.4 Å². The Morgan fingerprint density at radius 1 is 1.12 bits per heavy atom. The van der Waals surface area contributed by atoms with E-state index in [-0.39, 0.29) is 12.4 Å². The van der Waals surface area contributed by atoms with Crippen LogP contribution >= 0.6 is 0 Å². The van der Waals surface area contributed by atoms with Crippen molar-refractivity contribution in [3.05, 3.63) is 70.9 Å². The lowest BCUT2D eigenvalue weighted by molar-refractivity contribution is -0.137. The summed E-state index contributed by atoms with van der Waals surface area (Å²) >= 11 is 0. The van der Waals surface area contributed by atoms with Crippen LogP contribution in [0.2, 0.25) is 0 Å². The maximum absolute atomic E-state index is 14.1. The number of fused-ring (bicyclic) bond motifs is 1. The number of nitrogen functional groups attached to an aromatic ring is 1. The lowest BCUT2D eigenvalue weighted by Gasteiger charge is -2.26. The third-order valence-electron chi connectivity index (χ3n) is 7.03. The van der Waals surface area contributed by atoms with E-state index in [1.165, 1.54) is 6.33 Å². The minimum absolute atomic E-state index is 0.280. The standard InChI is InChI=1S/C28H29F4N7O3/c1-16-11-17(3-6-21(16)36-27(40)37-22-12-18(28(30,31)32)4-5-20(22)29)24-19(14-41-2)23(13-38-7-9-42-10-8-38)39-25(24)26(33)34-15-35-39/h3-6,11-12,15H,7-10,13-14H2,1-2H3,(H2,33,34,35)(H2,36,37,40). The summed E-state index contributed by atoms with van der Waals surface area (Å²) in [5.74, 6) is -0.711. The largest absolute Gasteiger partial charge is 0.416 e. The van der Waals surface area contributed by atoms with Crippen LogP contribution in [0.4, 0.5) is 39.5 Å². The Hall–Kier alpha value is -4.27. The molecule has 0 atom stereocenters. The SMILES string of the molecule is COCc1c(-c2ccc(NC(=O)Nc3cc(C(F)(F)F)ccc3F)c(C)c2)c2c(N)ncnn2c1CN1CCOCC1. The van der Waals surface area contributed by atoms with Gasteiger partial charge < -0.3 is 25.8 Å². The van der Waals surface area contributed by atoms with Gasteiger partial charge in [-0.3, -0.25) is 4.90 Å². The van der Waals surface area contributed by atoms with Crippen molar-refractivity contribution < 1.29 is 31.8 Å². The zero-order chi connectivity index (χ0) is 30.0. The minimum Gasteiger partial charge on any atom is -0.382 e. The third kappa shape index (κ3) is 6.00. The van der Waals surface area contributed by atoms with Crippen LogP contribution in [0.25, 0.3) is 16.6 Å². The molecule has 0 unspecified atom stereocenters. The van der Waals surface area contributed by atoms with Crippen LogP contribution in [-0.4, -0.2) is 58.9 Å². The average Bonchev–Trinajstić information content (AvgIpc) is 3.25. The molecule has 10 nitrogen and oxygen atoms in total. The second-order valence-electron chi connectivity index (χ2n) is 9.83. The number of morpholine rings is 1. The van der Waals surface area contributed by atoms with Crippen molar-refractivity contribution in [1.29, 1.82) is 0 Å². The van der Waals surface area contributed by atoms with E-state index in [0.29, 0.717) is 54.7 Å². The third-order valence-corrected chi connectivity index (χ3v) is 7.03. The first kappa shape index (κ1) is 29.2. The number of benzene rings is 2. The molecule has 4 N–H and O–H groups in total. The van der Waals surface area contributed by atoms with Crippen molar-refractivity contribution in [1.82, 2.24) is 19.5 Å². The molecule has 42 heavy (non-hydrogen) atoms. The molecule has 2 aromatic heterocycles. The van der Waals surface area contributed by atoms with Gasteiger partial charge in [-0.2, -0.15) is 18.3 Å². The highest BCUT2D eigenvalue weighted by Gasteiger charge is 2.31. The predicted octanol–water partition coefficient (Wildman–Crippen LogP) is 5.07. The fourth-order valence-electron chi connectivity index (χ4n) is 5.00. The van der Waals surface area contributed by atoms with Crippen molar-refractivity contribution >= 4 is 28.7 Å². The van der Waals surface area contributed by atoms with Gasteiger partial charge in [-0.25, -0.2) is 18.7 Å². The molecule has 1 saturated heterocycles. The van der Waals surface area contributed by atoms with Crippen molar-refractivity contribution in [2.75, 3.05) is 49.8 Å². The van der Waals surface area contributed by atoms with Crippen LogP contribution in [-0.2, 0) is 28.8 Å². The lowest BCUT2D eigenvalue weighted by Crippen LogP contribution is -2.36.